The standard InChI is InChI=1S/C23H27ClN6O2S/c1-13-7-19-18(11-29(13)20-10-21(24)28-23-17(20)5-6-25-23)22(27-12-26-19)14-8-15-3-4-16(9-14)30(15)33(2,31)32/h5-6,10,12-16H,3-4,7-9,11H2,1-2H3,(H,25,28)/t13-,14-,15-,16+/m1/s1. The van der Waals surface area contributed by atoms with Crippen LogP contribution in [-0.2, 0) is 23.0 Å². The van der Waals surface area contributed by atoms with Crippen molar-refractivity contribution in [3.05, 3.63) is 46.8 Å². The summed E-state index contributed by atoms with van der Waals surface area (Å²) in [5.41, 5.74) is 5.22. The van der Waals surface area contributed by atoms with Crippen LogP contribution in [-0.4, -0.2) is 57.0 Å². The van der Waals surface area contributed by atoms with E-state index in [4.69, 9.17) is 16.6 Å². The summed E-state index contributed by atoms with van der Waals surface area (Å²) in [5.74, 6) is 0.251. The van der Waals surface area contributed by atoms with Crippen molar-refractivity contribution in [3.63, 3.8) is 0 Å². The van der Waals surface area contributed by atoms with Crippen LogP contribution in [0.25, 0.3) is 11.0 Å². The predicted molar refractivity (Wildman–Crippen MR) is 128 cm³/mol. The Morgan fingerprint density at radius 2 is 1.94 bits per heavy atom. The van der Waals surface area contributed by atoms with Gasteiger partial charge in [-0.05, 0) is 44.7 Å². The Kier molecular flexibility index (Phi) is 4.94. The maximum atomic E-state index is 12.3. The zero-order valence-electron chi connectivity index (χ0n) is 18.7. The number of fused-ring (bicyclic) bond motifs is 4. The molecule has 4 atom stereocenters. The molecule has 174 valence electrons. The fourth-order valence-electron chi connectivity index (χ4n) is 6.33. The number of piperidine rings is 1. The van der Waals surface area contributed by atoms with Crippen LogP contribution in [0, 0.1) is 0 Å². The molecule has 8 nitrogen and oxygen atoms in total. The molecule has 3 aromatic rings. The minimum atomic E-state index is -3.19. The third-order valence-corrected chi connectivity index (χ3v) is 9.19. The third-order valence-electron chi connectivity index (χ3n) is 7.64. The summed E-state index contributed by atoms with van der Waals surface area (Å²) >= 11 is 6.35. The van der Waals surface area contributed by atoms with Crippen molar-refractivity contribution in [2.24, 2.45) is 0 Å². The second kappa shape index (κ2) is 7.65. The number of nitrogens with one attached hydrogen (secondary N) is 1. The van der Waals surface area contributed by atoms with E-state index in [1.54, 1.807) is 10.6 Å². The molecule has 3 aliphatic heterocycles. The monoisotopic (exact) mass is 486 g/mol. The second-order valence-electron chi connectivity index (χ2n) is 9.72. The van der Waals surface area contributed by atoms with E-state index in [9.17, 15) is 8.42 Å². The Morgan fingerprint density at radius 1 is 1.18 bits per heavy atom. The lowest BCUT2D eigenvalue weighted by molar-refractivity contribution is 0.224. The van der Waals surface area contributed by atoms with Crippen LogP contribution in [0.3, 0.4) is 0 Å². The highest BCUT2D eigenvalue weighted by Gasteiger charge is 2.46. The molecule has 3 aromatic heterocycles. The molecule has 2 fully saturated rings. The lowest BCUT2D eigenvalue weighted by atomic mass is 9.85. The van der Waals surface area contributed by atoms with Crippen LogP contribution in [0.5, 0.6) is 0 Å². The Bertz CT molecular complexity index is 1330. The Labute approximate surface area is 198 Å². The molecule has 1 N–H and O–H groups in total. The van der Waals surface area contributed by atoms with Crippen molar-refractivity contribution in [2.45, 2.75) is 69.6 Å². The van der Waals surface area contributed by atoms with Crippen molar-refractivity contribution < 1.29 is 8.42 Å². The predicted octanol–water partition coefficient (Wildman–Crippen LogP) is 3.63. The first-order valence-electron chi connectivity index (χ1n) is 11.5. The first-order valence-corrected chi connectivity index (χ1v) is 13.7. The van der Waals surface area contributed by atoms with E-state index in [2.05, 4.69) is 26.8 Å². The van der Waals surface area contributed by atoms with Gasteiger partial charge in [-0.15, -0.1) is 0 Å². The van der Waals surface area contributed by atoms with Crippen LogP contribution >= 0.6 is 11.6 Å². The van der Waals surface area contributed by atoms with E-state index in [0.717, 1.165) is 60.2 Å². The van der Waals surface area contributed by atoms with E-state index in [0.29, 0.717) is 11.7 Å². The van der Waals surface area contributed by atoms with Crippen molar-refractivity contribution in [3.8, 4) is 0 Å². The van der Waals surface area contributed by atoms with Crippen molar-refractivity contribution in [2.75, 3.05) is 11.2 Å². The fourth-order valence-corrected chi connectivity index (χ4v) is 7.98. The molecule has 0 aliphatic carbocycles. The average molecular weight is 487 g/mol. The third kappa shape index (κ3) is 3.52. The topological polar surface area (TPSA) is 95.1 Å². The first-order chi connectivity index (χ1) is 15.8. The van der Waals surface area contributed by atoms with Gasteiger partial charge in [0.25, 0.3) is 0 Å². The van der Waals surface area contributed by atoms with Crippen LogP contribution in [0.4, 0.5) is 5.69 Å². The number of halogens is 1. The molecule has 0 amide bonds. The molecule has 0 saturated carbocycles. The van der Waals surface area contributed by atoms with E-state index in [-0.39, 0.29) is 24.0 Å². The van der Waals surface area contributed by atoms with E-state index in [1.165, 1.54) is 11.8 Å². The molecule has 10 heteroatoms. The van der Waals surface area contributed by atoms with Gasteiger partial charge < -0.3 is 9.88 Å². The van der Waals surface area contributed by atoms with Gasteiger partial charge in [0.2, 0.25) is 10.0 Å². The largest absolute Gasteiger partial charge is 0.363 e. The fraction of sp³-hybridized carbons (Fsp3) is 0.522. The van der Waals surface area contributed by atoms with Crippen molar-refractivity contribution in [1.29, 1.82) is 0 Å². The number of aromatic amines is 1. The number of aromatic nitrogens is 4. The smallest absolute Gasteiger partial charge is 0.211 e. The van der Waals surface area contributed by atoms with Gasteiger partial charge in [0.15, 0.2) is 0 Å². The van der Waals surface area contributed by atoms with Gasteiger partial charge >= 0.3 is 0 Å². The minimum Gasteiger partial charge on any atom is -0.363 e. The summed E-state index contributed by atoms with van der Waals surface area (Å²) < 4.78 is 26.5. The summed E-state index contributed by atoms with van der Waals surface area (Å²) in [6.45, 7) is 2.91. The van der Waals surface area contributed by atoms with Gasteiger partial charge in [-0.3, -0.25) is 0 Å². The number of hydrogen-bond donors (Lipinski definition) is 1. The molecule has 33 heavy (non-hydrogen) atoms. The van der Waals surface area contributed by atoms with Crippen LogP contribution in [0.15, 0.2) is 24.7 Å². The van der Waals surface area contributed by atoms with Crippen molar-refractivity contribution >= 4 is 38.3 Å². The molecular formula is C23H27ClN6O2S. The molecule has 0 unspecified atom stereocenters. The summed E-state index contributed by atoms with van der Waals surface area (Å²) in [6.07, 6.45) is 9.27. The Balaban J connectivity index is 1.37. The lowest BCUT2D eigenvalue weighted by Crippen LogP contribution is -2.46. The maximum absolute atomic E-state index is 12.3. The Morgan fingerprint density at radius 3 is 2.67 bits per heavy atom. The van der Waals surface area contributed by atoms with Gasteiger partial charge in [0, 0.05) is 54.2 Å². The number of H-pyrrole nitrogens is 1. The molecule has 2 bridgehead atoms. The number of anilines is 1. The van der Waals surface area contributed by atoms with Gasteiger partial charge in [0.05, 0.1) is 23.3 Å². The van der Waals surface area contributed by atoms with Gasteiger partial charge in [-0.2, -0.15) is 4.31 Å². The van der Waals surface area contributed by atoms with Gasteiger partial charge in [-0.1, -0.05) is 11.6 Å². The highest BCUT2D eigenvalue weighted by atomic mass is 35.5. The highest BCUT2D eigenvalue weighted by Crippen LogP contribution is 2.45. The second-order valence-corrected chi connectivity index (χ2v) is 12.0. The first kappa shape index (κ1) is 21.3. The minimum absolute atomic E-state index is 0.0754. The normalized spacial score (nSPS) is 27.8. The number of nitrogens with zero attached hydrogens (tertiary/aromatic N) is 5. The quantitative estimate of drug-likeness (QED) is 0.568. The van der Waals surface area contributed by atoms with Crippen LogP contribution < -0.4 is 4.90 Å². The summed E-state index contributed by atoms with van der Waals surface area (Å²) in [5, 5.41) is 1.51. The number of pyridine rings is 1. The van der Waals surface area contributed by atoms with E-state index >= 15 is 0 Å². The molecule has 0 radical (unpaired) electrons. The molecule has 3 aliphatic rings. The van der Waals surface area contributed by atoms with Gasteiger partial charge in [-0.25, -0.2) is 23.4 Å². The Hall–Kier alpha value is -2.23. The molecule has 6 rings (SSSR count). The summed E-state index contributed by atoms with van der Waals surface area (Å²) in [7, 11) is -3.19. The van der Waals surface area contributed by atoms with Crippen LogP contribution in [0.2, 0.25) is 5.15 Å². The summed E-state index contributed by atoms with van der Waals surface area (Å²) in [6, 6.07) is 4.38. The van der Waals surface area contributed by atoms with Crippen LogP contribution in [0.1, 0.15) is 55.5 Å². The average Bonchev–Trinajstić information content (AvgIpc) is 3.34. The lowest BCUT2D eigenvalue weighted by Gasteiger charge is -2.40. The van der Waals surface area contributed by atoms with E-state index < -0.39 is 10.0 Å². The van der Waals surface area contributed by atoms with Gasteiger partial charge in [0.1, 0.15) is 17.1 Å². The molecule has 0 spiro atoms. The van der Waals surface area contributed by atoms with E-state index in [1.807, 2.05) is 18.3 Å². The number of rotatable bonds is 3. The zero-order chi connectivity index (χ0) is 22.9. The summed E-state index contributed by atoms with van der Waals surface area (Å²) in [4.78, 5) is 19.4. The highest BCUT2D eigenvalue weighted by molar-refractivity contribution is 7.88. The zero-order valence-corrected chi connectivity index (χ0v) is 20.3. The molecule has 0 aromatic carbocycles. The van der Waals surface area contributed by atoms with Crippen molar-refractivity contribution in [1.82, 2.24) is 24.2 Å². The maximum Gasteiger partial charge on any atom is 0.211 e. The molecule has 6 heterocycles. The number of sulfonamides is 1. The SMILES string of the molecule is C[C@@H]1Cc2ncnc([C@@H]3C[C@H]4CC[C@@H](C3)N4S(C)(=O)=O)c2CN1c1cc(Cl)nc2[nH]ccc12. The molecule has 2 saturated heterocycles. The molecular weight excluding hydrogens is 460 g/mol. The number of hydrogen-bond acceptors (Lipinski definition) is 6.